The van der Waals surface area contributed by atoms with Gasteiger partial charge in [-0.25, -0.2) is 0 Å². The molecule has 1 unspecified atom stereocenters. The zero-order chi connectivity index (χ0) is 12.3. The second kappa shape index (κ2) is 5.25. The minimum Gasteiger partial charge on any atom is -0.480 e. The standard InChI is InChI=1S/C12H17NO2S/c1-7(2)11(12(14)15)16-9-6-4-5-8(3)10(9)13/h4-7,11H,13H2,1-3H3,(H,14,15). The van der Waals surface area contributed by atoms with E-state index >= 15 is 0 Å². The Morgan fingerprint density at radius 1 is 1.44 bits per heavy atom. The molecule has 0 aliphatic heterocycles. The topological polar surface area (TPSA) is 63.3 Å². The second-order valence-electron chi connectivity index (χ2n) is 4.11. The van der Waals surface area contributed by atoms with Gasteiger partial charge in [0.05, 0.1) is 0 Å². The molecule has 1 aromatic rings. The number of hydrogen-bond acceptors (Lipinski definition) is 3. The Morgan fingerprint density at radius 2 is 2.06 bits per heavy atom. The van der Waals surface area contributed by atoms with Crippen molar-refractivity contribution >= 4 is 23.4 Å². The molecule has 0 saturated carbocycles. The van der Waals surface area contributed by atoms with Gasteiger partial charge in [-0.2, -0.15) is 0 Å². The largest absolute Gasteiger partial charge is 0.480 e. The van der Waals surface area contributed by atoms with Crippen LogP contribution in [0, 0.1) is 12.8 Å². The molecule has 0 aliphatic carbocycles. The molecule has 3 N–H and O–H groups in total. The molecule has 0 radical (unpaired) electrons. The van der Waals surface area contributed by atoms with Crippen LogP contribution in [-0.2, 0) is 4.79 Å². The van der Waals surface area contributed by atoms with Crippen LogP contribution in [0.1, 0.15) is 19.4 Å². The van der Waals surface area contributed by atoms with Gasteiger partial charge in [0, 0.05) is 10.6 Å². The number of anilines is 1. The lowest BCUT2D eigenvalue weighted by atomic mass is 10.1. The summed E-state index contributed by atoms with van der Waals surface area (Å²) in [6.45, 7) is 5.72. The zero-order valence-corrected chi connectivity index (χ0v) is 10.5. The molecular weight excluding hydrogens is 222 g/mol. The lowest BCUT2D eigenvalue weighted by Crippen LogP contribution is -2.22. The summed E-state index contributed by atoms with van der Waals surface area (Å²) in [6.07, 6.45) is 0. The number of thioether (sulfide) groups is 1. The molecule has 3 nitrogen and oxygen atoms in total. The lowest BCUT2D eigenvalue weighted by molar-refractivity contribution is -0.137. The highest BCUT2D eigenvalue weighted by Crippen LogP contribution is 2.33. The van der Waals surface area contributed by atoms with Crippen LogP contribution in [0.5, 0.6) is 0 Å². The van der Waals surface area contributed by atoms with Crippen molar-refractivity contribution in [2.24, 2.45) is 5.92 Å². The fraction of sp³-hybridized carbons (Fsp3) is 0.417. The van der Waals surface area contributed by atoms with Crippen LogP contribution < -0.4 is 5.73 Å². The van der Waals surface area contributed by atoms with Crippen molar-refractivity contribution in [1.29, 1.82) is 0 Å². The molecule has 0 saturated heterocycles. The van der Waals surface area contributed by atoms with Gasteiger partial charge in [-0.15, -0.1) is 11.8 Å². The van der Waals surface area contributed by atoms with E-state index in [9.17, 15) is 4.79 Å². The monoisotopic (exact) mass is 239 g/mol. The third kappa shape index (κ3) is 2.92. The minimum absolute atomic E-state index is 0.0717. The molecule has 0 heterocycles. The number of carboxylic acid groups (broad SMARTS) is 1. The second-order valence-corrected chi connectivity index (χ2v) is 5.29. The summed E-state index contributed by atoms with van der Waals surface area (Å²) >= 11 is 1.32. The number of carbonyl (C=O) groups is 1. The summed E-state index contributed by atoms with van der Waals surface area (Å²) in [5, 5.41) is 8.65. The molecule has 16 heavy (non-hydrogen) atoms. The number of aliphatic carboxylic acids is 1. The molecule has 88 valence electrons. The van der Waals surface area contributed by atoms with Gasteiger partial charge in [0.1, 0.15) is 5.25 Å². The summed E-state index contributed by atoms with van der Waals surface area (Å²) in [5.41, 5.74) is 7.58. The van der Waals surface area contributed by atoms with Crippen LogP contribution in [0.25, 0.3) is 0 Å². The smallest absolute Gasteiger partial charge is 0.317 e. The lowest BCUT2D eigenvalue weighted by Gasteiger charge is -2.17. The van der Waals surface area contributed by atoms with Crippen molar-refractivity contribution in [3.05, 3.63) is 23.8 Å². The van der Waals surface area contributed by atoms with Crippen LogP contribution >= 0.6 is 11.8 Å². The van der Waals surface area contributed by atoms with Crippen LogP contribution in [-0.4, -0.2) is 16.3 Å². The van der Waals surface area contributed by atoms with Crippen LogP contribution in [0.2, 0.25) is 0 Å². The summed E-state index contributed by atoms with van der Waals surface area (Å²) in [4.78, 5) is 11.9. The number of para-hydroxylation sites is 1. The van der Waals surface area contributed by atoms with E-state index in [0.29, 0.717) is 5.69 Å². The molecule has 4 heteroatoms. The maximum Gasteiger partial charge on any atom is 0.317 e. The van der Waals surface area contributed by atoms with Crippen LogP contribution in [0.4, 0.5) is 5.69 Å². The molecule has 1 rings (SSSR count). The average molecular weight is 239 g/mol. The van der Waals surface area contributed by atoms with Gasteiger partial charge < -0.3 is 10.8 Å². The van der Waals surface area contributed by atoms with Gasteiger partial charge in [-0.1, -0.05) is 26.0 Å². The molecule has 0 aromatic heterocycles. The number of nitrogens with two attached hydrogens (primary N) is 1. The summed E-state index contributed by atoms with van der Waals surface area (Å²) in [7, 11) is 0. The Bertz CT molecular complexity index is 391. The van der Waals surface area contributed by atoms with Crippen molar-refractivity contribution in [2.45, 2.75) is 30.9 Å². The molecule has 0 amide bonds. The number of nitrogen functional groups attached to an aromatic ring is 1. The average Bonchev–Trinajstić information content (AvgIpc) is 2.19. The maximum atomic E-state index is 11.1. The van der Waals surface area contributed by atoms with Gasteiger partial charge >= 0.3 is 5.97 Å². The van der Waals surface area contributed by atoms with E-state index in [0.717, 1.165) is 10.5 Å². The van der Waals surface area contributed by atoms with Crippen molar-refractivity contribution in [3.8, 4) is 0 Å². The predicted octanol–water partition coefficient (Wildman–Crippen LogP) is 2.78. The first-order valence-electron chi connectivity index (χ1n) is 5.18. The normalized spacial score (nSPS) is 12.8. The van der Waals surface area contributed by atoms with Crippen LogP contribution in [0.3, 0.4) is 0 Å². The highest BCUT2D eigenvalue weighted by Gasteiger charge is 2.23. The summed E-state index contributed by atoms with van der Waals surface area (Å²) in [5.74, 6) is -0.719. The number of hydrogen-bond donors (Lipinski definition) is 2. The third-order valence-corrected chi connectivity index (χ3v) is 4.00. The van der Waals surface area contributed by atoms with Crippen molar-refractivity contribution in [2.75, 3.05) is 5.73 Å². The van der Waals surface area contributed by atoms with Crippen LogP contribution in [0.15, 0.2) is 23.1 Å². The van der Waals surface area contributed by atoms with E-state index in [-0.39, 0.29) is 5.92 Å². The third-order valence-electron chi connectivity index (χ3n) is 2.39. The maximum absolute atomic E-state index is 11.1. The van der Waals surface area contributed by atoms with E-state index in [4.69, 9.17) is 10.8 Å². The molecule has 1 aromatic carbocycles. The Balaban J connectivity index is 2.94. The van der Waals surface area contributed by atoms with Crippen molar-refractivity contribution < 1.29 is 9.90 Å². The molecule has 1 atom stereocenters. The quantitative estimate of drug-likeness (QED) is 0.626. The van der Waals surface area contributed by atoms with E-state index in [1.807, 2.05) is 39.0 Å². The predicted molar refractivity (Wildman–Crippen MR) is 67.7 cm³/mol. The highest BCUT2D eigenvalue weighted by molar-refractivity contribution is 8.00. The Kier molecular flexibility index (Phi) is 4.24. The number of aryl methyl sites for hydroxylation is 1. The van der Waals surface area contributed by atoms with E-state index in [1.54, 1.807) is 0 Å². The number of carboxylic acids is 1. The minimum atomic E-state index is -0.791. The fourth-order valence-corrected chi connectivity index (χ4v) is 2.46. The fourth-order valence-electron chi connectivity index (χ4n) is 1.36. The summed E-state index contributed by atoms with van der Waals surface area (Å²) < 4.78 is 0. The first kappa shape index (κ1) is 12.9. The first-order valence-corrected chi connectivity index (χ1v) is 6.06. The van der Waals surface area contributed by atoms with E-state index in [1.165, 1.54) is 11.8 Å². The molecule has 0 bridgehead atoms. The molecule has 0 aliphatic rings. The number of rotatable bonds is 4. The molecule has 0 fully saturated rings. The zero-order valence-electron chi connectivity index (χ0n) is 9.73. The van der Waals surface area contributed by atoms with Gasteiger partial charge in [-0.3, -0.25) is 4.79 Å². The first-order chi connectivity index (χ1) is 7.43. The van der Waals surface area contributed by atoms with E-state index < -0.39 is 11.2 Å². The Labute approximate surface area is 100 Å². The molecule has 0 spiro atoms. The Hall–Kier alpha value is -1.16. The highest BCUT2D eigenvalue weighted by atomic mass is 32.2. The summed E-state index contributed by atoms with van der Waals surface area (Å²) in [6, 6.07) is 5.68. The van der Waals surface area contributed by atoms with Gasteiger partial charge in [0.25, 0.3) is 0 Å². The van der Waals surface area contributed by atoms with Gasteiger partial charge in [-0.05, 0) is 24.5 Å². The van der Waals surface area contributed by atoms with Crippen molar-refractivity contribution in [1.82, 2.24) is 0 Å². The number of benzene rings is 1. The molecular formula is C12H17NO2S. The van der Waals surface area contributed by atoms with Crippen molar-refractivity contribution in [3.63, 3.8) is 0 Å². The van der Waals surface area contributed by atoms with Gasteiger partial charge in [0.2, 0.25) is 0 Å². The SMILES string of the molecule is Cc1cccc(SC(C(=O)O)C(C)C)c1N. The Morgan fingerprint density at radius 3 is 2.56 bits per heavy atom. The van der Waals surface area contributed by atoms with Gasteiger partial charge in [0.15, 0.2) is 0 Å². The van der Waals surface area contributed by atoms with E-state index in [2.05, 4.69) is 0 Å².